The maximum atomic E-state index is 13.1. The summed E-state index contributed by atoms with van der Waals surface area (Å²) in [5, 5.41) is 20.6. The second-order valence-electron chi connectivity index (χ2n) is 17.7. The van der Waals surface area contributed by atoms with Crippen molar-refractivity contribution in [2.45, 2.75) is 90.3 Å². The maximum absolute atomic E-state index is 13.1. The Kier molecular flexibility index (Phi) is 12.2. The molecule has 330 valence electrons. The molecule has 3 aliphatic rings. The Bertz CT molecular complexity index is 3150. The molecular weight excluding hydrogens is 821 g/mol. The summed E-state index contributed by atoms with van der Waals surface area (Å²) in [5.41, 5.74) is 8.27. The minimum Gasteiger partial charge on any atom is -0.384 e. The number of carbonyl (C=O) groups excluding carboxylic acids is 6. The average Bonchev–Trinajstić information content (AvgIpc) is 3.87. The van der Waals surface area contributed by atoms with Crippen LogP contribution in [0.15, 0.2) is 59.9 Å². The number of rotatable bonds is 11. The molecule has 8 rings (SSSR count). The number of hydrogen-bond donors (Lipinski definition) is 4. The zero-order valence-electron chi connectivity index (χ0n) is 37.2. The molecule has 2 saturated heterocycles. The van der Waals surface area contributed by atoms with Gasteiger partial charge in [-0.25, -0.2) is 24.0 Å². The van der Waals surface area contributed by atoms with Gasteiger partial charge in [-0.15, -0.1) is 0 Å². The number of carbonyl (C=O) groups is 1. The Morgan fingerprint density at radius 2 is 1.68 bits per heavy atom. The second kappa shape index (κ2) is 18.0. The molecule has 2 aliphatic heterocycles. The minimum absolute atomic E-state index is 0.0117. The SMILES string of the molecule is CCc1cc2c(cc1N1CC(C)N(CCC(=O)NCCCNc3cccc4c(=C=O)n(C5CCC(=C=O)NC5=C=O)c(=C=O)c34)C(C)C1)C(C)(C)c1[nH]c3cc(C#N)ccc3c1C2=C=O. The van der Waals surface area contributed by atoms with Gasteiger partial charge in [-0.05, 0) is 80.1 Å². The van der Waals surface area contributed by atoms with Crippen molar-refractivity contribution in [1.82, 2.24) is 25.1 Å². The van der Waals surface area contributed by atoms with E-state index in [0.29, 0.717) is 60.1 Å². The molecule has 1 amide bonds. The van der Waals surface area contributed by atoms with Crippen molar-refractivity contribution < 1.29 is 28.8 Å². The fraction of sp³-hybridized carbons (Fsp3) is 0.373. The van der Waals surface area contributed by atoms with E-state index in [0.717, 1.165) is 64.0 Å². The van der Waals surface area contributed by atoms with Gasteiger partial charge >= 0.3 is 0 Å². The van der Waals surface area contributed by atoms with Gasteiger partial charge < -0.3 is 30.4 Å². The van der Waals surface area contributed by atoms with Gasteiger partial charge in [0.15, 0.2) is 11.9 Å². The first-order chi connectivity index (χ1) is 31.4. The highest BCUT2D eigenvalue weighted by Crippen LogP contribution is 2.50. The fourth-order valence-electron chi connectivity index (χ4n) is 10.3. The summed E-state index contributed by atoms with van der Waals surface area (Å²) in [6.07, 6.45) is 2.23. The number of amides is 1. The van der Waals surface area contributed by atoms with Crippen LogP contribution in [0, 0.1) is 11.3 Å². The summed E-state index contributed by atoms with van der Waals surface area (Å²) in [4.78, 5) is 82.1. The van der Waals surface area contributed by atoms with Gasteiger partial charge in [-0.3, -0.25) is 9.69 Å². The number of fused-ring (bicyclic) bond motifs is 5. The van der Waals surface area contributed by atoms with E-state index >= 15 is 0 Å². The van der Waals surface area contributed by atoms with E-state index in [1.54, 1.807) is 36.1 Å². The van der Waals surface area contributed by atoms with Gasteiger partial charge in [0.05, 0.1) is 23.2 Å². The zero-order chi connectivity index (χ0) is 46.2. The lowest BCUT2D eigenvalue weighted by molar-refractivity contribution is -0.121. The van der Waals surface area contributed by atoms with Gasteiger partial charge in [-0.1, -0.05) is 39.0 Å². The molecule has 1 aliphatic carbocycles. The minimum atomic E-state index is -0.756. The molecule has 0 bridgehead atoms. The van der Waals surface area contributed by atoms with Crippen molar-refractivity contribution >= 4 is 74.2 Å². The number of nitriles is 1. The van der Waals surface area contributed by atoms with Crippen LogP contribution in [0.2, 0.25) is 0 Å². The van der Waals surface area contributed by atoms with Gasteiger partial charge in [0.1, 0.15) is 39.9 Å². The van der Waals surface area contributed by atoms with Crippen molar-refractivity contribution in [2.24, 2.45) is 0 Å². The summed E-state index contributed by atoms with van der Waals surface area (Å²) >= 11 is 0. The maximum Gasteiger partial charge on any atom is 0.221 e. The van der Waals surface area contributed by atoms with Crippen LogP contribution < -0.4 is 31.5 Å². The fourth-order valence-corrected chi connectivity index (χ4v) is 10.3. The quantitative estimate of drug-likeness (QED) is 0.112. The largest absolute Gasteiger partial charge is 0.384 e. The summed E-state index contributed by atoms with van der Waals surface area (Å²) < 4.78 is 1.43. The number of benzene rings is 3. The molecule has 5 aromatic rings. The zero-order valence-corrected chi connectivity index (χ0v) is 37.2. The summed E-state index contributed by atoms with van der Waals surface area (Å²) in [6.45, 7) is 13.9. The van der Waals surface area contributed by atoms with Gasteiger partial charge in [0.25, 0.3) is 0 Å². The van der Waals surface area contributed by atoms with Crippen molar-refractivity contribution in [3.8, 4) is 6.07 Å². The molecule has 0 radical (unpaired) electrons. The average molecular weight is 871 g/mol. The highest BCUT2D eigenvalue weighted by molar-refractivity contribution is 6.10. The lowest BCUT2D eigenvalue weighted by atomic mass is 9.69. The summed E-state index contributed by atoms with van der Waals surface area (Å²) in [7, 11) is 0. The molecular formula is C51H50N8O6. The number of nitrogens with zero attached hydrogens (tertiary/aromatic N) is 4. The number of nitrogens with one attached hydrogen (secondary N) is 4. The van der Waals surface area contributed by atoms with Crippen molar-refractivity contribution in [1.29, 1.82) is 5.26 Å². The summed E-state index contributed by atoms with van der Waals surface area (Å²) in [6, 6.07) is 17.0. The predicted molar refractivity (Wildman–Crippen MR) is 248 cm³/mol. The van der Waals surface area contributed by atoms with Crippen LogP contribution >= 0.6 is 0 Å². The molecule has 3 aromatic carbocycles. The first-order valence-corrected chi connectivity index (χ1v) is 22.1. The molecule has 0 saturated carbocycles. The molecule has 65 heavy (non-hydrogen) atoms. The molecule has 3 unspecified atom stereocenters. The number of aromatic nitrogens is 2. The summed E-state index contributed by atoms with van der Waals surface area (Å²) in [5.74, 6) is 9.71. The smallest absolute Gasteiger partial charge is 0.221 e. The lowest BCUT2D eigenvalue weighted by Crippen LogP contribution is -2.57. The van der Waals surface area contributed by atoms with E-state index in [1.807, 2.05) is 24.0 Å². The van der Waals surface area contributed by atoms with Crippen molar-refractivity contribution in [3.63, 3.8) is 0 Å². The topological polar surface area (TPSA) is 189 Å². The third kappa shape index (κ3) is 7.74. The molecule has 2 aromatic heterocycles. The third-order valence-corrected chi connectivity index (χ3v) is 13.5. The van der Waals surface area contributed by atoms with Crippen molar-refractivity contribution in [3.05, 3.63) is 104 Å². The van der Waals surface area contributed by atoms with Crippen LogP contribution in [-0.4, -0.2) is 94.9 Å². The first-order valence-electron chi connectivity index (χ1n) is 22.1. The standard InChI is InChI=1S/C51H50N8O6/c1-6-33-20-37-38(26-61)48-35-13-11-32(22-52)19-41(35)56-50(48)51(4,5)39(37)21-44(33)57-23-30(2)58(31(3)24-57)18-15-47(65)54-17-8-16-53-40-10-7-9-36-45(28-63)59(46(29-64)49(36)40)43-14-12-34(25-60)55-42(43)27-62/h7,9-11,13,19-21,30-31,43,53,55-56H,6,8,12,14-18,23-24H2,1-5H3,(H,54,65). The molecule has 4 N–H and O–H groups in total. The monoisotopic (exact) mass is 870 g/mol. The second-order valence-corrected chi connectivity index (χ2v) is 17.7. The van der Waals surface area contributed by atoms with E-state index in [1.165, 1.54) is 4.57 Å². The normalized spacial score (nSPS) is 18.9. The number of piperazine rings is 1. The number of H-pyrrole nitrogens is 1. The molecule has 14 heteroatoms. The number of piperidine rings is 1. The van der Waals surface area contributed by atoms with Crippen LogP contribution in [0.4, 0.5) is 11.4 Å². The first kappa shape index (κ1) is 44.2. The molecule has 0 spiro atoms. The van der Waals surface area contributed by atoms with Crippen LogP contribution in [0.5, 0.6) is 0 Å². The molecule has 2 fully saturated rings. The van der Waals surface area contributed by atoms with Gasteiger partial charge in [-0.2, -0.15) is 5.26 Å². The Labute approximate surface area is 375 Å². The third-order valence-electron chi connectivity index (χ3n) is 13.5. The Morgan fingerprint density at radius 3 is 2.35 bits per heavy atom. The number of allylic oxidation sites excluding steroid dienone is 2. The Morgan fingerprint density at radius 1 is 0.908 bits per heavy atom. The highest BCUT2D eigenvalue weighted by Gasteiger charge is 2.40. The van der Waals surface area contributed by atoms with Crippen molar-refractivity contribution in [2.75, 3.05) is 42.9 Å². The van der Waals surface area contributed by atoms with E-state index in [9.17, 15) is 34.0 Å². The predicted octanol–water partition coefficient (Wildman–Crippen LogP) is 3.73. The number of aromatic amines is 1. The highest BCUT2D eigenvalue weighted by atomic mass is 16.1. The Hall–Kier alpha value is -7.43. The Balaban J connectivity index is 0.892. The van der Waals surface area contributed by atoms with Gasteiger partial charge in [0, 0.05) is 107 Å². The van der Waals surface area contributed by atoms with E-state index in [4.69, 9.17) is 0 Å². The van der Waals surface area contributed by atoms with E-state index in [2.05, 4.69) is 89.5 Å². The number of hydrogen-bond acceptors (Lipinski definition) is 11. The van der Waals surface area contributed by atoms with Crippen LogP contribution in [0.3, 0.4) is 0 Å². The van der Waals surface area contributed by atoms with E-state index in [-0.39, 0.29) is 52.9 Å². The van der Waals surface area contributed by atoms with Crippen LogP contribution in [-0.2, 0) is 40.6 Å². The number of anilines is 2. The molecule has 3 atom stereocenters. The van der Waals surface area contributed by atoms with E-state index < -0.39 is 11.5 Å². The lowest BCUT2D eigenvalue weighted by Gasteiger charge is -2.46. The molecule has 4 heterocycles. The van der Waals surface area contributed by atoms with Gasteiger partial charge in [0.2, 0.25) is 5.91 Å². The number of aryl methyl sites for hydroxylation is 1. The molecule has 14 nitrogen and oxygen atoms in total. The van der Waals surface area contributed by atoms with Crippen LogP contribution in [0.25, 0.3) is 27.2 Å². The van der Waals surface area contributed by atoms with Crippen LogP contribution in [0.1, 0.15) is 99.9 Å².